The number of alkyl halides is 3. The Bertz CT molecular complexity index is 1280. The molecule has 4 rings (SSSR count). The lowest BCUT2D eigenvalue weighted by Crippen LogP contribution is -2.19. The zero-order valence-electron chi connectivity index (χ0n) is 17.4. The van der Waals surface area contributed by atoms with Gasteiger partial charge in [-0.05, 0) is 53.6 Å². The average Bonchev–Trinajstić information content (AvgIpc) is 3.10. The van der Waals surface area contributed by atoms with Gasteiger partial charge in [0.05, 0.1) is 17.5 Å². The van der Waals surface area contributed by atoms with E-state index in [4.69, 9.17) is 0 Å². The van der Waals surface area contributed by atoms with Gasteiger partial charge in [0.15, 0.2) is 0 Å². The van der Waals surface area contributed by atoms with Crippen LogP contribution in [0.4, 0.5) is 23.4 Å². The van der Waals surface area contributed by atoms with Crippen molar-refractivity contribution < 1.29 is 22.4 Å². The second-order valence-electron chi connectivity index (χ2n) is 7.32. The van der Waals surface area contributed by atoms with Crippen LogP contribution in [-0.4, -0.2) is 20.7 Å². The van der Waals surface area contributed by atoms with Crippen molar-refractivity contribution in [2.45, 2.75) is 12.6 Å². The first-order valence-electron chi connectivity index (χ1n) is 9.92. The van der Waals surface area contributed by atoms with Crippen LogP contribution in [0.25, 0.3) is 22.4 Å². The summed E-state index contributed by atoms with van der Waals surface area (Å²) in [7, 11) is 1.61. The standard InChI is InChI=1S/C24H18F4N4O/c1-32-23(30-20(33)14-17-4-2-3-5-19(17)24(26,27)28)21(15-10-12-29-13-11-15)22(31-32)16-6-8-18(25)9-7-16/h2-13H,14H2,1H3,(H,30,33). The van der Waals surface area contributed by atoms with E-state index in [0.717, 1.165) is 6.07 Å². The highest BCUT2D eigenvalue weighted by molar-refractivity contribution is 5.99. The zero-order valence-corrected chi connectivity index (χ0v) is 17.4. The summed E-state index contributed by atoms with van der Waals surface area (Å²) in [5.41, 5.74) is 1.34. The summed E-state index contributed by atoms with van der Waals surface area (Å²) in [6, 6.07) is 14.1. The van der Waals surface area contributed by atoms with Gasteiger partial charge >= 0.3 is 6.18 Å². The van der Waals surface area contributed by atoms with E-state index in [9.17, 15) is 22.4 Å². The lowest BCUT2D eigenvalue weighted by atomic mass is 10.0. The van der Waals surface area contributed by atoms with E-state index < -0.39 is 29.9 Å². The fourth-order valence-electron chi connectivity index (χ4n) is 3.57. The highest BCUT2D eigenvalue weighted by atomic mass is 19.4. The number of hydrogen-bond acceptors (Lipinski definition) is 3. The molecule has 0 spiro atoms. The number of rotatable bonds is 5. The van der Waals surface area contributed by atoms with Crippen LogP contribution in [0.3, 0.4) is 0 Å². The summed E-state index contributed by atoms with van der Waals surface area (Å²) in [5.74, 6) is -0.734. The second kappa shape index (κ2) is 8.85. The van der Waals surface area contributed by atoms with Gasteiger partial charge in [-0.2, -0.15) is 18.3 Å². The van der Waals surface area contributed by atoms with Gasteiger partial charge in [0.1, 0.15) is 17.3 Å². The average molecular weight is 454 g/mol. The molecule has 1 amide bonds. The smallest absolute Gasteiger partial charge is 0.310 e. The van der Waals surface area contributed by atoms with Crippen molar-refractivity contribution in [3.63, 3.8) is 0 Å². The molecular formula is C24H18F4N4O. The van der Waals surface area contributed by atoms with Gasteiger partial charge in [0.2, 0.25) is 5.91 Å². The number of carbonyl (C=O) groups excluding carboxylic acids is 1. The van der Waals surface area contributed by atoms with Crippen LogP contribution in [0.5, 0.6) is 0 Å². The molecule has 2 aromatic carbocycles. The number of aryl methyl sites for hydroxylation is 1. The molecule has 5 nitrogen and oxygen atoms in total. The molecule has 2 heterocycles. The van der Waals surface area contributed by atoms with E-state index in [0.29, 0.717) is 28.2 Å². The molecule has 168 valence electrons. The first-order chi connectivity index (χ1) is 15.7. The molecule has 0 saturated carbocycles. The number of aromatic nitrogens is 3. The molecular weight excluding hydrogens is 436 g/mol. The predicted molar refractivity (Wildman–Crippen MR) is 116 cm³/mol. The highest BCUT2D eigenvalue weighted by Crippen LogP contribution is 2.37. The highest BCUT2D eigenvalue weighted by Gasteiger charge is 2.33. The molecule has 0 bridgehead atoms. The first-order valence-corrected chi connectivity index (χ1v) is 9.92. The lowest BCUT2D eigenvalue weighted by Gasteiger charge is -2.13. The summed E-state index contributed by atoms with van der Waals surface area (Å²) in [5, 5.41) is 7.19. The van der Waals surface area contributed by atoms with Crippen LogP contribution >= 0.6 is 0 Å². The van der Waals surface area contributed by atoms with Gasteiger partial charge in [-0.15, -0.1) is 0 Å². The Balaban J connectivity index is 1.73. The predicted octanol–water partition coefficient (Wildman–Crippen LogP) is 5.49. The molecule has 0 aliphatic heterocycles. The van der Waals surface area contributed by atoms with Crippen molar-refractivity contribution in [2.75, 3.05) is 5.32 Å². The summed E-state index contributed by atoms with van der Waals surface area (Å²) in [6.45, 7) is 0. The van der Waals surface area contributed by atoms with E-state index in [1.54, 1.807) is 43.7 Å². The minimum atomic E-state index is -4.57. The van der Waals surface area contributed by atoms with Gasteiger partial charge in [0.25, 0.3) is 0 Å². The van der Waals surface area contributed by atoms with Crippen LogP contribution in [-0.2, 0) is 24.4 Å². The number of anilines is 1. The van der Waals surface area contributed by atoms with Gasteiger partial charge in [-0.1, -0.05) is 18.2 Å². The first kappa shape index (κ1) is 22.2. The van der Waals surface area contributed by atoms with Crippen molar-refractivity contribution in [1.82, 2.24) is 14.8 Å². The van der Waals surface area contributed by atoms with E-state index in [2.05, 4.69) is 15.4 Å². The Morgan fingerprint density at radius 2 is 1.64 bits per heavy atom. The molecule has 2 aromatic heterocycles. The SMILES string of the molecule is Cn1nc(-c2ccc(F)cc2)c(-c2ccncc2)c1NC(=O)Cc1ccccc1C(F)(F)F. The lowest BCUT2D eigenvalue weighted by molar-refractivity contribution is -0.138. The van der Waals surface area contributed by atoms with Crippen molar-refractivity contribution in [3.8, 4) is 22.4 Å². The molecule has 4 aromatic rings. The van der Waals surface area contributed by atoms with Crippen LogP contribution in [0, 0.1) is 5.82 Å². The number of hydrogen-bond donors (Lipinski definition) is 1. The summed E-state index contributed by atoms with van der Waals surface area (Å²) in [6.07, 6.45) is -1.90. The largest absolute Gasteiger partial charge is 0.416 e. The number of benzene rings is 2. The molecule has 0 aliphatic carbocycles. The number of nitrogens with one attached hydrogen (secondary N) is 1. The minimum Gasteiger partial charge on any atom is -0.310 e. The number of carbonyl (C=O) groups is 1. The molecule has 0 fully saturated rings. The fraction of sp³-hybridized carbons (Fsp3) is 0.125. The molecule has 0 saturated heterocycles. The van der Waals surface area contributed by atoms with Gasteiger partial charge in [-0.3, -0.25) is 14.5 Å². The molecule has 0 aliphatic rings. The van der Waals surface area contributed by atoms with Crippen LogP contribution < -0.4 is 5.32 Å². The Morgan fingerprint density at radius 1 is 0.970 bits per heavy atom. The zero-order chi connectivity index (χ0) is 23.6. The Morgan fingerprint density at radius 3 is 2.30 bits per heavy atom. The Labute approximate surface area is 186 Å². The molecule has 9 heteroatoms. The summed E-state index contributed by atoms with van der Waals surface area (Å²) < 4.78 is 54.8. The van der Waals surface area contributed by atoms with E-state index in [-0.39, 0.29) is 5.56 Å². The van der Waals surface area contributed by atoms with Crippen LogP contribution in [0.2, 0.25) is 0 Å². The van der Waals surface area contributed by atoms with E-state index in [1.807, 2.05) is 0 Å². The van der Waals surface area contributed by atoms with Crippen LogP contribution in [0.15, 0.2) is 73.1 Å². The molecule has 0 unspecified atom stereocenters. The second-order valence-corrected chi connectivity index (χ2v) is 7.32. The van der Waals surface area contributed by atoms with Crippen molar-refractivity contribution in [3.05, 3.63) is 90.0 Å². The van der Waals surface area contributed by atoms with Crippen molar-refractivity contribution in [1.29, 1.82) is 0 Å². The third kappa shape index (κ3) is 4.77. The number of amides is 1. The Kier molecular flexibility index (Phi) is 5.95. The number of pyridine rings is 1. The van der Waals surface area contributed by atoms with Gasteiger partial charge in [0, 0.05) is 25.0 Å². The Hall–Kier alpha value is -4.01. The van der Waals surface area contributed by atoms with Crippen molar-refractivity contribution in [2.24, 2.45) is 7.05 Å². The maximum absolute atomic E-state index is 13.4. The normalized spacial score (nSPS) is 11.4. The summed E-state index contributed by atoms with van der Waals surface area (Å²) in [4.78, 5) is 16.8. The maximum atomic E-state index is 13.4. The van der Waals surface area contributed by atoms with E-state index in [1.165, 1.54) is 35.0 Å². The maximum Gasteiger partial charge on any atom is 0.416 e. The third-order valence-electron chi connectivity index (χ3n) is 5.07. The molecule has 0 radical (unpaired) electrons. The topological polar surface area (TPSA) is 59.8 Å². The van der Waals surface area contributed by atoms with E-state index >= 15 is 0 Å². The molecule has 0 atom stereocenters. The number of nitrogens with zero attached hydrogens (tertiary/aromatic N) is 3. The number of halogens is 4. The summed E-state index contributed by atoms with van der Waals surface area (Å²) >= 11 is 0. The van der Waals surface area contributed by atoms with Crippen molar-refractivity contribution >= 4 is 11.7 Å². The van der Waals surface area contributed by atoms with Crippen LogP contribution in [0.1, 0.15) is 11.1 Å². The molecule has 33 heavy (non-hydrogen) atoms. The van der Waals surface area contributed by atoms with Gasteiger partial charge in [-0.25, -0.2) is 4.39 Å². The fourth-order valence-corrected chi connectivity index (χ4v) is 3.57. The monoisotopic (exact) mass is 454 g/mol. The van der Waals surface area contributed by atoms with Gasteiger partial charge < -0.3 is 5.32 Å². The minimum absolute atomic E-state index is 0.131. The third-order valence-corrected chi connectivity index (χ3v) is 5.07. The molecule has 1 N–H and O–H groups in total. The quantitative estimate of drug-likeness (QED) is 0.406.